The average Bonchev–Trinajstić information content (AvgIpc) is 3.22. The summed E-state index contributed by atoms with van der Waals surface area (Å²) in [6.07, 6.45) is 0.157. The Morgan fingerprint density at radius 3 is 2.45 bits per heavy atom. The van der Waals surface area contributed by atoms with Crippen LogP contribution in [0.1, 0.15) is 24.8 Å². The lowest BCUT2D eigenvalue weighted by Gasteiger charge is -2.17. The highest BCUT2D eigenvalue weighted by atomic mass is 32.1. The summed E-state index contributed by atoms with van der Waals surface area (Å²) in [5, 5.41) is 19.4. The van der Waals surface area contributed by atoms with Crippen LogP contribution < -0.4 is 16.4 Å². The standard InChI is InChI=1S/C18H21N5O5S/c19-15(24)9-20-18(28)13(6-8-17(26)27)21-16(25)7-3-11-1-4-12(5-2-11)14-10-29-23-22-14/h1-2,4-5,10,13H,3,6-9H2,(H2,19,24)(H,20,28)(H,21,25)(H,26,27). The third-order valence-electron chi connectivity index (χ3n) is 3.99. The number of amides is 3. The van der Waals surface area contributed by atoms with E-state index in [1.165, 1.54) is 11.5 Å². The number of aryl methyl sites for hydroxylation is 1. The zero-order valence-corrected chi connectivity index (χ0v) is 16.3. The summed E-state index contributed by atoms with van der Waals surface area (Å²) in [7, 11) is 0. The van der Waals surface area contributed by atoms with Gasteiger partial charge < -0.3 is 21.5 Å². The van der Waals surface area contributed by atoms with Gasteiger partial charge in [-0.25, -0.2) is 0 Å². The molecule has 0 radical (unpaired) electrons. The van der Waals surface area contributed by atoms with E-state index in [9.17, 15) is 19.2 Å². The number of hydrogen-bond donors (Lipinski definition) is 4. The van der Waals surface area contributed by atoms with Crippen LogP contribution in [0.25, 0.3) is 11.3 Å². The molecule has 2 aromatic rings. The number of carboxylic acids is 1. The lowest BCUT2D eigenvalue weighted by atomic mass is 10.1. The van der Waals surface area contributed by atoms with Gasteiger partial charge in [0.25, 0.3) is 0 Å². The molecule has 1 aromatic carbocycles. The zero-order chi connectivity index (χ0) is 21.2. The summed E-state index contributed by atoms with van der Waals surface area (Å²) >= 11 is 1.26. The molecule has 0 aliphatic carbocycles. The molecule has 1 unspecified atom stereocenters. The van der Waals surface area contributed by atoms with Crippen molar-refractivity contribution >= 4 is 35.2 Å². The lowest BCUT2D eigenvalue weighted by molar-refractivity contribution is -0.138. The molecule has 0 aliphatic heterocycles. The molecule has 11 heteroatoms. The van der Waals surface area contributed by atoms with E-state index in [-0.39, 0.29) is 25.8 Å². The fraction of sp³-hybridized carbons (Fsp3) is 0.333. The number of hydrogen-bond acceptors (Lipinski definition) is 7. The molecule has 3 amide bonds. The van der Waals surface area contributed by atoms with Crippen molar-refractivity contribution in [1.29, 1.82) is 0 Å². The lowest BCUT2D eigenvalue weighted by Crippen LogP contribution is -2.48. The van der Waals surface area contributed by atoms with Gasteiger partial charge in [-0.05, 0) is 29.9 Å². The molecule has 0 saturated heterocycles. The number of aliphatic carboxylic acids is 1. The Labute approximate surface area is 170 Å². The predicted octanol–water partition coefficient (Wildman–Crippen LogP) is 0.0888. The highest BCUT2D eigenvalue weighted by Crippen LogP contribution is 2.18. The summed E-state index contributed by atoms with van der Waals surface area (Å²) in [5.41, 5.74) is 7.60. The van der Waals surface area contributed by atoms with Gasteiger partial charge >= 0.3 is 5.97 Å². The topological polar surface area (TPSA) is 164 Å². The number of carboxylic acid groups (broad SMARTS) is 1. The molecule has 5 N–H and O–H groups in total. The van der Waals surface area contributed by atoms with Gasteiger partial charge in [-0.15, -0.1) is 5.10 Å². The molecule has 1 atom stereocenters. The number of benzene rings is 1. The maximum atomic E-state index is 12.2. The van der Waals surface area contributed by atoms with Crippen molar-refractivity contribution in [3.8, 4) is 11.3 Å². The zero-order valence-electron chi connectivity index (χ0n) is 15.5. The SMILES string of the molecule is NC(=O)CNC(=O)C(CCC(=O)O)NC(=O)CCc1ccc(-c2csnn2)cc1. The van der Waals surface area contributed by atoms with Crippen molar-refractivity contribution in [3.05, 3.63) is 35.2 Å². The first-order chi connectivity index (χ1) is 13.8. The maximum Gasteiger partial charge on any atom is 0.303 e. The molecule has 1 aromatic heterocycles. The summed E-state index contributed by atoms with van der Waals surface area (Å²) in [4.78, 5) is 45.9. The first-order valence-electron chi connectivity index (χ1n) is 8.78. The first-order valence-corrected chi connectivity index (χ1v) is 9.62. The number of carbonyl (C=O) groups is 4. The fourth-order valence-electron chi connectivity index (χ4n) is 2.49. The quantitative estimate of drug-likeness (QED) is 0.401. The van der Waals surface area contributed by atoms with Gasteiger partial charge in [0.05, 0.1) is 6.54 Å². The van der Waals surface area contributed by atoms with Crippen LogP contribution in [0.3, 0.4) is 0 Å². The Morgan fingerprint density at radius 1 is 1.14 bits per heavy atom. The molecule has 0 bridgehead atoms. The smallest absolute Gasteiger partial charge is 0.303 e. The van der Waals surface area contributed by atoms with E-state index < -0.39 is 29.7 Å². The second-order valence-corrected chi connectivity index (χ2v) is 6.83. The molecule has 154 valence electrons. The highest BCUT2D eigenvalue weighted by Gasteiger charge is 2.21. The van der Waals surface area contributed by atoms with Gasteiger partial charge in [-0.3, -0.25) is 19.2 Å². The third-order valence-corrected chi connectivity index (χ3v) is 4.49. The van der Waals surface area contributed by atoms with Crippen molar-refractivity contribution in [2.75, 3.05) is 6.54 Å². The van der Waals surface area contributed by atoms with Crippen molar-refractivity contribution in [1.82, 2.24) is 20.2 Å². The minimum atomic E-state index is -1.10. The normalized spacial score (nSPS) is 11.4. The van der Waals surface area contributed by atoms with Gasteiger partial charge in [0, 0.05) is 23.8 Å². The van der Waals surface area contributed by atoms with E-state index in [1.54, 1.807) is 0 Å². The van der Waals surface area contributed by atoms with Crippen molar-refractivity contribution in [2.24, 2.45) is 5.73 Å². The molecule has 0 aliphatic rings. The van der Waals surface area contributed by atoms with E-state index in [2.05, 4.69) is 20.2 Å². The fourth-order valence-corrected chi connectivity index (χ4v) is 2.96. The second kappa shape index (κ2) is 10.9. The predicted molar refractivity (Wildman–Crippen MR) is 105 cm³/mol. The van der Waals surface area contributed by atoms with Gasteiger partial charge in [-0.1, -0.05) is 28.8 Å². The molecular weight excluding hydrogens is 398 g/mol. The van der Waals surface area contributed by atoms with E-state index >= 15 is 0 Å². The Hall–Kier alpha value is -3.34. The molecule has 10 nitrogen and oxygen atoms in total. The number of primary amides is 1. The van der Waals surface area contributed by atoms with E-state index in [1.807, 2.05) is 29.6 Å². The number of nitrogens with zero attached hydrogens (tertiary/aromatic N) is 2. The number of nitrogens with one attached hydrogen (secondary N) is 2. The van der Waals surface area contributed by atoms with Crippen LogP contribution in [-0.2, 0) is 25.6 Å². The summed E-state index contributed by atoms with van der Waals surface area (Å²) in [6.45, 7) is -0.390. The van der Waals surface area contributed by atoms with Gasteiger partial charge in [0.2, 0.25) is 17.7 Å². The second-order valence-electron chi connectivity index (χ2n) is 6.22. The monoisotopic (exact) mass is 419 g/mol. The molecule has 29 heavy (non-hydrogen) atoms. The average molecular weight is 419 g/mol. The molecule has 2 rings (SSSR count). The summed E-state index contributed by atoms with van der Waals surface area (Å²) < 4.78 is 3.81. The van der Waals surface area contributed by atoms with Gasteiger partial charge in [0.15, 0.2) is 0 Å². The largest absolute Gasteiger partial charge is 0.481 e. The number of aromatic nitrogens is 2. The van der Waals surface area contributed by atoms with E-state index in [0.717, 1.165) is 16.8 Å². The molecule has 0 fully saturated rings. The Kier molecular flexibility index (Phi) is 8.22. The van der Waals surface area contributed by atoms with Crippen LogP contribution in [0, 0.1) is 0 Å². The number of carbonyl (C=O) groups excluding carboxylic acids is 3. The van der Waals surface area contributed by atoms with Gasteiger partial charge in [0.1, 0.15) is 11.7 Å². The number of rotatable bonds is 11. The van der Waals surface area contributed by atoms with Crippen molar-refractivity contribution < 1.29 is 24.3 Å². The highest BCUT2D eigenvalue weighted by molar-refractivity contribution is 7.03. The van der Waals surface area contributed by atoms with Crippen LogP contribution in [0.5, 0.6) is 0 Å². The minimum Gasteiger partial charge on any atom is -0.481 e. The van der Waals surface area contributed by atoms with Crippen LogP contribution in [0.2, 0.25) is 0 Å². The molecule has 0 spiro atoms. The number of nitrogens with two attached hydrogens (primary N) is 1. The van der Waals surface area contributed by atoms with Crippen molar-refractivity contribution in [2.45, 2.75) is 31.7 Å². The van der Waals surface area contributed by atoms with Crippen LogP contribution in [-0.4, -0.2) is 51.0 Å². The third kappa shape index (κ3) is 7.66. The Bertz CT molecular complexity index is 854. The van der Waals surface area contributed by atoms with Crippen LogP contribution >= 0.6 is 11.5 Å². The summed E-state index contributed by atoms with van der Waals surface area (Å²) in [6, 6.07) is 6.47. The van der Waals surface area contributed by atoms with E-state index in [0.29, 0.717) is 6.42 Å². The maximum absolute atomic E-state index is 12.2. The minimum absolute atomic E-state index is 0.0952. The summed E-state index contributed by atoms with van der Waals surface area (Å²) in [5.74, 6) is -2.89. The van der Waals surface area contributed by atoms with E-state index in [4.69, 9.17) is 10.8 Å². The first kappa shape index (κ1) is 22.0. The molecule has 1 heterocycles. The molecule has 0 saturated carbocycles. The van der Waals surface area contributed by atoms with Crippen LogP contribution in [0.15, 0.2) is 29.6 Å². The molecular formula is C18H21N5O5S. The Morgan fingerprint density at radius 2 is 1.86 bits per heavy atom. The van der Waals surface area contributed by atoms with Crippen LogP contribution in [0.4, 0.5) is 0 Å². The Balaban J connectivity index is 1.88. The van der Waals surface area contributed by atoms with Gasteiger partial charge in [-0.2, -0.15) is 0 Å². The van der Waals surface area contributed by atoms with Crippen molar-refractivity contribution in [3.63, 3.8) is 0 Å².